The standard InChI is InChI=1S/C33H29ClN2O6S/c1-22-9-11-24(12-10-22)20-35(43(39,40)29-17-13-25(34)14-18-29)21-28-16-15-27(42-28)19-30-31(33(38)41-3)23(2)36(32(30)37)26-7-5-4-6-8-26/h4-19H,20-21H2,1-3H3/b30-19+. The molecule has 1 aromatic heterocycles. The summed E-state index contributed by atoms with van der Waals surface area (Å²) >= 11 is 6.00. The Morgan fingerprint density at radius 1 is 0.930 bits per heavy atom. The van der Waals surface area contributed by atoms with Crippen LogP contribution in [0.25, 0.3) is 6.08 Å². The molecule has 220 valence electrons. The minimum absolute atomic E-state index is 0.0785. The number of allylic oxidation sites excluding steroid dienone is 1. The molecular weight excluding hydrogens is 588 g/mol. The fourth-order valence-corrected chi connectivity index (χ4v) is 6.34. The van der Waals surface area contributed by atoms with E-state index in [0.717, 1.165) is 11.1 Å². The van der Waals surface area contributed by atoms with Crippen molar-refractivity contribution in [3.05, 3.63) is 136 Å². The van der Waals surface area contributed by atoms with Gasteiger partial charge in [0.05, 0.1) is 29.7 Å². The lowest BCUT2D eigenvalue weighted by molar-refractivity contribution is -0.136. The molecule has 1 amide bonds. The summed E-state index contributed by atoms with van der Waals surface area (Å²) in [5.41, 5.74) is 3.13. The van der Waals surface area contributed by atoms with Crippen LogP contribution in [-0.4, -0.2) is 31.7 Å². The Labute approximate surface area is 255 Å². The minimum atomic E-state index is -3.94. The van der Waals surface area contributed by atoms with Crippen LogP contribution in [0.1, 0.15) is 29.6 Å². The zero-order chi connectivity index (χ0) is 30.7. The molecule has 0 fully saturated rings. The Hall–Kier alpha value is -4.44. The summed E-state index contributed by atoms with van der Waals surface area (Å²) in [5.74, 6) is -0.433. The average Bonchev–Trinajstić information content (AvgIpc) is 3.54. The molecule has 8 nitrogen and oxygen atoms in total. The van der Waals surface area contributed by atoms with Crippen LogP contribution < -0.4 is 4.90 Å². The van der Waals surface area contributed by atoms with Gasteiger partial charge in [-0.1, -0.05) is 59.6 Å². The van der Waals surface area contributed by atoms with E-state index in [1.807, 2.05) is 37.3 Å². The number of para-hydroxylation sites is 1. The number of hydrogen-bond acceptors (Lipinski definition) is 6. The van der Waals surface area contributed by atoms with Gasteiger partial charge in [0.1, 0.15) is 11.5 Å². The molecule has 43 heavy (non-hydrogen) atoms. The van der Waals surface area contributed by atoms with Crippen LogP contribution in [0.15, 0.2) is 117 Å². The van der Waals surface area contributed by atoms with E-state index in [1.165, 1.54) is 46.7 Å². The molecule has 0 unspecified atom stereocenters. The molecule has 0 saturated heterocycles. The van der Waals surface area contributed by atoms with Crippen LogP contribution in [0.3, 0.4) is 0 Å². The van der Waals surface area contributed by atoms with E-state index in [0.29, 0.717) is 22.2 Å². The van der Waals surface area contributed by atoms with Gasteiger partial charge >= 0.3 is 5.97 Å². The highest BCUT2D eigenvalue weighted by atomic mass is 35.5. The van der Waals surface area contributed by atoms with E-state index >= 15 is 0 Å². The number of benzene rings is 3. The molecule has 2 heterocycles. The fourth-order valence-electron chi connectivity index (χ4n) is 4.82. The summed E-state index contributed by atoms with van der Waals surface area (Å²) in [6.45, 7) is 3.66. The molecule has 0 spiro atoms. The topological polar surface area (TPSA) is 97.1 Å². The first-order chi connectivity index (χ1) is 20.6. The second kappa shape index (κ2) is 12.4. The highest BCUT2D eigenvalue weighted by Crippen LogP contribution is 2.35. The lowest BCUT2D eigenvalue weighted by Crippen LogP contribution is -2.30. The third-order valence-electron chi connectivity index (χ3n) is 7.04. The van der Waals surface area contributed by atoms with Gasteiger partial charge in [0.15, 0.2) is 0 Å². The van der Waals surface area contributed by atoms with Crippen LogP contribution in [0.5, 0.6) is 0 Å². The highest BCUT2D eigenvalue weighted by Gasteiger charge is 2.38. The van der Waals surface area contributed by atoms with Gasteiger partial charge in [-0.05, 0) is 74.0 Å². The number of halogens is 1. The summed E-state index contributed by atoms with van der Waals surface area (Å²) in [6, 6.07) is 25.8. The first kappa shape index (κ1) is 30.0. The number of esters is 1. The Morgan fingerprint density at radius 2 is 1.60 bits per heavy atom. The minimum Gasteiger partial charge on any atom is -0.465 e. The number of furan rings is 1. The van der Waals surface area contributed by atoms with Gasteiger partial charge in [-0.3, -0.25) is 9.69 Å². The van der Waals surface area contributed by atoms with Crippen molar-refractivity contribution in [1.82, 2.24) is 4.31 Å². The smallest absolute Gasteiger partial charge is 0.340 e. The van der Waals surface area contributed by atoms with E-state index in [2.05, 4.69) is 0 Å². The Bertz CT molecular complexity index is 1830. The monoisotopic (exact) mass is 616 g/mol. The number of anilines is 1. The number of carbonyl (C=O) groups excluding carboxylic acids is 2. The summed E-state index contributed by atoms with van der Waals surface area (Å²) in [6.07, 6.45) is 1.47. The largest absolute Gasteiger partial charge is 0.465 e. The number of rotatable bonds is 9. The molecule has 1 aliphatic rings. The molecule has 0 bridgehead atoms. The summed E-state index contributed by atoms with van der Waals surface area (Å²) < 4.78 is 39.8. The van der Waals surface area contributed by atoms with Gasteiger partial charge in [-0.15, -0.1) is 0 Å². The van der Waals surface area contributed by atoms with E-state index in [1.54, 1.807) is 43.3 Å². The third-order valence-corrected chi connectivity index (χ3v) is 9.09. The molecule has 5 rings (SSSR count). The van der Waals surface area contributed by atoms with Gasteiger partial charge in [-0.2, -0.15) is 4.31 Å². The number of methoxy groups -OCH3 is 1. The predicted octanol–water partition coefficient (Wildman–Crippen LogP) is 6.51. The van der Waals surface area contributed by atoms with Gasteiger partial charge in [0, 0.05) is 23.0 Å². The molecule has 10 heteroatoms. The molecule has 0 N–H and O–H groups in total. The average molecular weight is 617 g/mol. The van der Waals surface area contributed by atoms with Crippen LogP contribution >= 0.6 is 11.6 Å². The van der Waals surface area contributed by atoms with Crippen molar-refractivity contribution in [2.45, 2.75) is 31.8 Å². The second-order valence-electron chi connectivity index (χ2n) is 10.0. The van der Waals surface area contributed by atoms with Crippen molar-refractivity contribution in [2.24, 2.45) is 0 Å². The molecule has 0 radical (unpaired) electrons. The molecule has 4 aromatic rings. The highest BCUT2D eigenvalue weighted by molar-refractivity contribution is 7.89. The van der Waals surface area contributed by atoms with Crippen LogP contribution in [0.4, 0.5) is 5.69 Å². The van der Waals surface area contributed by atoms with Gasteiger partial charge in [-0.25, -0.2) is 13.2 Å². The van der Waals surface area contributed by atoms with E-state index < -0.39 is 21.9 Å². The molecular formula is C33H29ClN2O6S. The third kappa shape index (κ3) is 6.34. The maximum Gasteiger partial charge on any atom is 0.340 e. The van der Waals surface area contributed by atoms with Crippen molar-refractivity contribution < 1.29 is 27.2 Å². The summed E-state index contributed by atoms with van der Waals surface area (Å²) in [7, 11) is -2.69. The Morgan fingerprint density at radius 3 is 2.26 bits per heavy atom. The van der Waals surface area contributed by atoms with E-state index in [-0.39, 0.29) is 34.9 Å². The van der Waals surface area contributed by atoms with E-state index in [9.17, 15) is 18.0 Å². The number of amides is 1. The van der Waals surface area contributed by atoms with Crippen molar-refractivity contribution >= 4 is 45.3 Å². The summed E-state index contributed by atoms with van der Waals surface area (Å²) in [5, 5.41) is 0.427. The maximum absolute atomic E-state index is 13.7. The molecule has 0 atom stereocenters. The first-order valence-corrected chi connectivity index (χ1v) is 15.2. The number of ether oxygens (including phenoxy) is 1. The summed E-state index contributed by atoms with van der Waals surface area (Å²) in [4.78, 5) is 27.8. The van der Waals surface area contributed by atoms with E-state index in [4.69, 9.17) is 20.8 Å². The van der Waals surface area contributed by atoms with Gasteiger partial charge in [0.2, 0.25) is 10.0 Å². The van der Waals surface area contributed by atoms with Crippen molar-refractivity contribution in [1.29, 1.82) is 0 Å². The predicted molar refractivity (Wildman–Crippen MR) is 164 cm³/mol. The zero-order valence-corrected chi connectivity index (χ0v) is 25.4. The SMILES string of the molecule is COC(=O)C1=C(C)N(c2ccccc2)C(=O)/C1=C/c1ccc(CN(Cc2ccc(C)cc2)S(=O)(=O)c2ccc(Cl)cc2)o1. The molecule has 0 aliphatic carbocycles. The van der Waals surface area contributed by atoms with Crippen molar-refractivity contribution in [3.63, 3.8) is 0 Å². The van der Waals surface area contributed by atoms with Crippen LogP contribution in [-0.2, 0) is 37.4 Å². The first-order valence-electron chi connectivity index (χ1n) is 13.4. The Kier molecular flexibility index (Phi) is 8.68. The normalized spacial score (nSPS) is 14.7. The van der Waals surface area contributed by atoms with Gasteiger partial charge < -0.3 is 9.15 Å². The van der Waals surface area contributed by atoms with Crippen molar-refractivity contribution in [2.75, 3.05) is 12.0 Å². The number of carbonyl (C=O) groups is 2. The quantitative estimate of drug-likeness (QED) is 0.157. The lowest BCUT2D eigenvalue weighted by Gasteiger charge is -2.21. The zero-order valence-electron chi connectivity index (χ0n) is 23.8. The van der Waals surface area contributed by atoms with Crippen LogP contribution in [0.2, 0.25) is 5.02 Å². The number of nitrogens with zero attached hydrogens (tertiary/aromatic N) is 2. The number of sulfonamides is 1. The molecule has 1 aliphatic heterocycles. The fraction of sp³-hybridized carbons (Fsp3) is 0.152. The lowest BCUT2D eigenvalue weighted by atomic mass is 10.1. The molecule has 0 saturated carbocycles. The number of hydrogen-bond donors (Lipinski definition) is 0. The van der Waals surface area contributed by atoms with Crippen LogP contribution in [0, 0.1) is 6.92 Å². The maximum atomic E-state index is 13.7. The molecule has 3 aromatic carbocycles. The van der Waals surface area contributed by atoms with Crippen molar-refractivity contribution in [3.8, 4) is 0 Å². The Balaban J connectivity index is 1.48. The number of aryl methyl sites for hydroxylation is 1. The second-order valence-corrected chi connectivity index (χ2v) is 12.4. The van der Waals surface area contributed by atoms with Gasteiger partial charge in [0.25, 0.3) is 5.91 Å².